The minimum atomic E-state index is -4.82. The predicted octanol–water partition coefficient (Wildman–Crippen LogP) is 2.69. The Bertz CT molecular complexity index is 1200. The van der Waals surface area contributed by atoms with Gasteiger partial charge in [-0.15, -0.1) is 19.6 Å². The summed E-state index contributed by atoms with van der Waals surface area (Å²) in [6, 6.07) is 10.4. The lowest BCUT2D eigenvalue weighted by molar-refractivity contribution is -0.274. The van der Waals surface area contributed by atoms with Crippen LogP contribution in [0.4, 0.5) is 13.2 Å². The molecule has 2 atom stereocenters. The Kier molecular flexibility index (Phi) is 6.19. The first-order chi connectivity index (χ1) is 16.5. The highest BCUT2D eigenvalue weighted by Crippen LogP contribution is 2.52. The van der Waals surface area contributed by atoms with Gasteiger partial charge in [0.2, 0.25) is 17.7 Å². The molecule has 0 spiro atoms. The molecule has 0 bridgehead atoms. The third-order valence-electron chi connectivity index (χ3n) is 6.23. The van der Waals surface area contributed by atoms with Gasteiger partial charge in [-0.05, 0) is 41.7 Å². The van der Waals surface area contributed by atoms with Crippen molar-refractivity contribution in [3.05, 3.63) is 65.2 Å². The maximum Gasteiger partial charge on any atom is 0.573 e. The summed E-state index contributed by atoms with van der Waals surface area (Å²) in [4.78, 5) is 39.8. The van der Waals surface area contributed by atoms with Crippen LogP contribution in [0.1, 0.15) is 42.0 Å². The Labute approximate surface area is 199 Å². The first kappa shape index (κ1) is 24.1. The number of halogens is 3. The van der Waals surface area contributed by atoms with Gasteiger partial charge in [-0.2, -0.15) is 0 Å². The number of benzene rings is 2. The zero-order valence-corrected chi connectivity index (χ0v) is 18.5. The Morgan fingerprint density at radius 1 is 1.17 bits per heavy atom. The first-order valence-corrected chi connectivity index (χ1v) is 10.8. The van der Waals surface area contributed by atoms with Gasteiger partial charge in [0.1, 0.15) is 11.8 Å². The summed E-state index contributed by atoms with van der Waals surface area (Å²) in [5, 5.41) is 2.61. The molecule has 3 N–H and O–H groups in total. The third kappa shape index (κ3) is 4.94. The SMILES string of the molecule is C#C[C@H](CC(N)=O)NC(=O)C1c2ccccc2CN1C(=O)C1(c2ccc(OC(F)(F)F)cc2)CC1. The van der Waals surface area contributed by atoms with Gasteiger partial charge in [0, 0.05) is 6.54 Å². The molecular weight excluding hydrogens is 463 g/mol. The van der Waals surface area contributed by atoms with Gasteiger partial charge < -0.3 is 20.7 Å². The summed E-state index contributed by atoms with van der Waals surface area (Å²) < 4.78 is 41.4. The molecule has 7 nitrogen and oxygen atoms in total. The molecule has 1 saturated carbocycles. The number of carbonyl (C=O) groups excluding carboxylic acids is 3. The quantitative estimate of drug-likeness (QED) is 0.589. The van der Waals surface area contributed by atoms with E-state index in [4.69, 9.17) is 12.2 Å². The van der Waals surface area contributed by atoms with Gasteiger partial charge in [-0.3, -0.25) is 14.4 Å². The second-order valence-corrected chi connectivity index (χ2v) is 8.59. The van der Waals surface area contributed by atoms with Gasteiger partial charge >= 0.3 is 6.36 Å². The van der Waals surface area contributed by atoms with Crippen LogP contribution in [0.3, 0.4) is 0 Å². The van der Waals surface area contributed by atoms with Crippen LogP contribution in [0.2, 0.25) is 0 Å². The maximum absolute atomic E-state index is 13.8. The molecule has 182 valence electrons. The summed E-state index contributed by atoms with van der Waals surface area (Å²) in [5.74, 6) is 0.397. The molecule has 1 unspecified atom stereocenters. The summed E-state index contributed by atoms with van der Waals surface area (Å²) in [5.41, 5.74) is 6.22. The molecule has 2 aromatic rings. The van der Waals surface area contributed by atoms with E-state index in [2.05, 4.69) is 16.0 Å². The molecule has 4 rings (SSSR count). The van der Waals surface area contributed by atoms with Crippen LogP contribution >= 0.6 is 0 Å². The number of nitrogens with one attached hydrogen (secondary N) is 1. The molecule has 1 fully saturated rings. The number of primary amides is 1. The van der Waals surface area contributed by atoms with Crippen LogP contribution < -0.4 is 15.8 Å². The van der Waals surface area contributed by atoms with E-state index in [0.29, 0.717) is 24.0 Å². The van der Waals surface area contributed by atoms with Crippen molar-refractivity contribution >= 4 is 17.7 Å². The second kappa shape index (κ2) is 8.98. The normalized spacial score (nSPS) is 18.7. The van der Waals surface area contributed by atoms with Gasteiger partial charge in [0.15, 0.2) is 0 Å². The van der Waals surface area contributed by atoms with Crippen LogP contribution in [-0.4, -0.2) is 35.0 Å². The van der Waals surface area contributed by atoms with Crippen molar-refractivity contribution in [2.75, 3.05) is 0 Å². The van der Waals surface area contributed by atoms with Gasteiger partial charge in [0.25, 0.3) is 0 Å². The molecule has 1 heterocycles. The number of amides is 3. The van der Waals surface area contributed by atoms with Crippen LogP contribution in [0, 0.1) is 12.3 Å². The molecule has 0 radical (unpaired) electrons. The number of hydrogen-bond donors (Lipinski definition) is 2. The van der Waals surface area contributed by atoms with Crippen molar-refractivity contribution in [3.8, 4) is 18.1 Å². The molecule has 0 saturated heterocycles. The van der Waals surface area contributed by atoms with Crippen molar-refractivity contribution < 1.29 is 32.3 Å². The Hall–Kier alpha value is -4.00. The van der Waals surface area contributed by atoms with Crippen LogP contribution in [-0.2, 0) is 26.3 Å². The highest BCUT2D eigenvalue weighted by molar-refractivity contribution is 5.97. The predicted molar refractivity (Wildman–Crippen MR) is 118 cm³/mol. The molecule has 10 heteroatoms. The van der Waals surface area contributed by atoms with Gasteiger partial charge in [-0.25, -0.2) is 0 Å². The average molecular weight is 485 g/mol. The van der Waals surface area contributed by atoms with Gasteiger partial charge in [-0.1, -0.05) is 42.3 Å². The highest BCUT2D eigenvalue weighted by Gasteiger charge is 2.56. The highest BCUT2D eigenvalue weighted by atomic mass is 19.4. The zero-order chi connectivity index (χ0) is 25.4. The molecule has 3 amide bonds. The lowest BCUT2D eigenvalue weighted by atomic mass is 9.93. The number of fused-ring (bicyclic) bond motifs is 1. The van der Waals surface area contributed by atoms with E-state index in [9.17, 15) is 27.6 Å². The van der Waals surface area contributed by atoms with Crippen molar-refractivity contribution in [2.45, 2.75) is 49.7 Å². The maximum atomic E-state index is 13.8. The fraction of sp³-hybridized carbons (Fsp3) is 0.320. The number of ether oxygens (including phenoxy) is 1. The number of nitrogens with two attached hydrogens (primary N) is 1. The molecule has 0 aromatic heterocycles. The second-order valence-electron chi connectivity index (χ2n) is 8.59. The monoisotopic (exact) mass is 485 g/mol. The molecule has 1 aliphatic heterocycles. The number of terminal acetylenes is 1. The lowest BCUT2D eigenvalue weighted by Gasteiger charge is -2.29. The Balaban J connectivity index is 1.60. The van der Waals surface area contributed by atoms with Gasteiger partial charge in [0.05, 0.1) is 17.9 Å². The zero-order valence-electron chi connectivity index (χ0n) is 18.5. The van der Waals surface area contributed by atoms with Crippen LogP contribution in [0.25, 0.3) is 0 Å². The van der Waals surface area contributed by atoms with Crippen molar-refractivity contribution in [2.24, 2.45) is 5.73 Å². The molecule has 35 heavy (non-hydrogen) atoms. The average Bonchev–Trinajstić information content (AvgIpc) is 3.51. The van der Waals surface area contributed by atoms with E-state index >= 15 is 0 Å². The van der Waals surface area contributed by atoms with E-state index in [-0.39, 0.29) is 24.6 Å². The smallest absolute Gasteiger partial charge is 0.406 e. The number of hydrogen-bond acceptors (Lipinski definition) is 4. The van der Waals surface area contributed by atoms with E-state index in [0.717, 1.165) is 5.56 Å². The Morgan fingerprint density at radius 2 is 1.83 bits per heavy atom. The molecule has 1 aliphatic carbocycles. The number of nitrogens with zero attached hydrogens (tertiary/aromatic N) is 1. The molecule has 2 aromatic carbocycles. The van der Waals surface area contributed by atoms with E-state index < -0.39 is 35.7 Å². The van der Waals surface area contributed by atoms with Crippen molar-refractivity contribution in [1.82, 2.24) is 10.2 Å². The van der Waals surface area contributed by atoms with Crippen LogP contribution in [0.15, 0.2) is 48.5 Å². The largest absolute Gasteiger partial charge is 0.573 e. The lowest BCUT2D eigenvalue weighted by Crippen LogP contribution is -2.47. The Morgan fingerprint density at radius 3 is 2.40 bits per heavy atom. The van der Waals surface area contributed by atoms with E-state index in [1.54, 1.807) is 18.2 Å². The fourth-order valence-electron chi connectivity index (χ4n) is 4.46. The van der Waals surface area contributed by atoms with Crippen molar-refractivity contribution in [1.29, 1.82) is 0 Å². The van der Waals surface area contributed by atoms with E-state index in [1.807, 2.05) is 6.07 Å². The number of rotatable bonds is 7. The summed E-state index contributed by atoms with van der Waals surface area (Å²) >= 11 is 0. The standard InChI is InChI=1S/C25H22F3N3O4/c1-2-17(13-20(29)32)30-22(33)21-19-6-4-3-5-15(19)14-31(21)23(34)24(11-12-24)16-7-9-18(10-8-16)35-25(26,27)28/h1,3-10,17,21H,11-14H2,(H2,29,32)(H,30,33)/t17-,21?/m1/s1. The van der Waals surface area contributed by atoms with Crippen LogP contribution in [0.5, 0.6) is 5.75 Å². The van der Waals surface area contributed by atoms with Crippen molar-refractivity contribution in [3.63, 3.8) is 0 Å². The number of carbonyl (C=O) groups is 3. The van der Waals surface area contributed by atoms with E-state index in [1.165, 1.54) is 29.2 Å². The minimum Gasteiger partial charge on any atom is -0.406 e. The number of alkyl halides is 3. The minimum absolute atomic E-state index is 0.181. The third-order valence-corrected chi connectivity index (χ3v) is 6.23. The molecular formula is C25H22F3N3O4. The molecule has 2 aliphatic rings. The topological polar surface area (TPSA) is 102 Å². The fourth-order valence-corrected chi connectivity index (χ4v) is 4.46. The summed E-state index contributed by atoms with van der Waals surface area (Å²) in [6.07, 6.45) is 1.34. The first-order valence-electron chi connectivity index (χ1n) is 10.8. The summed E-state index contributed by atoms with van der Waals surface area (Å²) in [7, 11) is 0. The summed E-state index contributed by atoms with van der Waals surface area (Å²) in [6.45, 7) is 0.181.